The zero-order valence-electron chi connectivity index (χ0n) is 13.1. The first-order valence-corrected chi connectivity index (χ1v) is 8.11. The highest BCUT2D eigenvalue weighted by atomic mass is 32.2. The summed E-state index contributed by atoms with van der Waals surface area (Å²) in [5.41, 5.74) is -0.535. The van der Waals surface area contributed by atoms with E-state index in [2.05, 4.69) is 10.6 Å². The van der Waals surface area contributed by atoms with Crippen LogP contribution in [0.5, 0.6) is 0 Å². The van der Waals surface area contributed by atoms with E-state index in [1.54, 1.807) is 13.8 Å². The van der Waals surface area contributed by atoms with Crippen LogP contribution < -0.4 is 10.6 Å². The molecule has 1 unspecified atom stereocenters. The number of aryl methyl sites for hydroxylation is 1. The van der Waals surface area contributed by atoms with Gasteiger partial charge in [-0.2, -0.15) is 11.8 Å². The highest BCUT2D eigenvalue weighted by molar-refractivity contribution is 7.98. The van der Waals surface area contributed by atoms with Crippen molar-refractivity contribution >= 4 is 35.0 Å². The van der Waals surface area contributed by atoms with Crippen LogP contribution in [0.15, 0.2) is 18.2 Å². The van der Waals surface area contributed by atoms with E-state index in [4.69, 9.17) is 0 Å². The van der Waals surface area contributed by atoms with Crippen LogP contribution in [0.1, 0.15) is 12.5 Å². The summed E-state index contributed by atoms with van der Waals surface area (Å²) in [6.45, 7) is 3.13. The Morgan fingerprint density at radius 3 is 2.61 bits per heavy atom. The number of hydrogen-bond donors (Lipinski definition) is 3. The highest BCUT2D eigenvalue weighted by Crippen LogP contribution is 2.21. The number of carbonyl (C=O) groups excluding carboxylic acids is 2. The van der Waals surface area contributed by atoms with Crippen LogP contribution in [-0.2, 0) is 9.59 Å². The number of rotatable bonds is 6. The Morgan fingerprint density at radius 2 is 2.04 bits per heavy atom. The fourth-order valence-corrected chi connectivity index (χ4v) is 2.47. The SMILES string of the molecule is CSCC(C)(O)CNC(=O)C(=O)Nc1cc([N+](=O)[O-])ccc1C. The Bertz CT molecular complexity index is 618. The lowest BCUT2D eigenvalue weighted by Gasteiger charge is -2.22. The Hall–Kier alpha value is -2.13. The monoisotopic (exact) mass is 341 g/mol. The summed E-state index contributed by atoms with van der Waals surface area (Å²) in [4.78, 5) is 33.7. The lowest BCUT2D eigenvalue weighted by molar-refractivity contribution is -0.384. The number of anilines is 1. The van der Waals surface area contributed by atoms with Gasteiger partial charge < -0.3 is 15.7 Å². The van der Waals surface area contributed by atoms with Gasteiger partial charge in [0.05, 0.1) is 16.2 Å². The molecule has 0 fully saturated rings. The summed E-state index contributed by atoms with van der Waals surface area (Å²) in [5.74, 6) is -1.47. The minimum absolute atomic E-state index is 0.0754. The lowest BCUT2D eigenvalue weighted by atomic mass is 10.1. The van der Waals surface area contributed by atoms with Gasteiger partial charge in [0.25, 0.3) is 5.69 Å². The Kier molecular flexibility index (Phi) is 6.52. The number of non-ortho nitro benzene ring substituents is 1. The first-order chi connectivity index (χ1) is 10.7. The van der Waals surface area contributed by atoms with Gasteiger partial charge in [0.2, 0.25) is 0 Å². The molecular formula is C14H19N3O5S. The summed E-state index contributed by atoms with van der Waals surface area (Å²) >= 11 is 1.41. The van der Waals surface area contributed by atoms with Gasteiger partial charge in [-0.3, -0.25) is 19.7 Å². The van der Waals surface area contributed by atoms with Crippen LogP contribution in [-0.4, -0.2) is 46.0 Å². The van der Waals surface area contributed by atoms with E-state index in [0.29, 0.717) is 11.3 Å². The molecule has 0 bridgehead atoms. The molecule has 126 valence electrons. The van der Waals surface area contributed by atoms with Crippen molar-refractivity contribution in [2.45, 2.75) is 19.4 Å². The second kappa shape index (κ2) is 7.93. The van der Waals surface area contributed by atoms with E-state index in [1.807, 2.05) is 6.26 Å². The fraction of sp³-hybridized carbons (Fsp3) is 0.429. The summed E-state index contributed by atoms with van der Waals surface area (Å²) in [6, 6.07) is 3.98. The Labute approximate surface area is 137 Å². The summed E-state index contributed by atoms with van der Waals surface area (Å²) in [6.07, 6.45) is 1.81. The minimum atomic E-state index is -1.13. The van der Waals surface area contributed by atoms with Gasteiger partial charge in [0.1, 0.15) is 0 Å². The molecule has 2 amide bonds. The van der Waals surface area contributed by atoms with Crippen molar-refractivity contribution in [2.75, 3.05) is 23.9 Å². The topological polar surface area (TPSA) is 122 Å². The smallest absolute Gasteiger partial charge is 0.313 e. The molecule has 1 rings (SSSR count). The molecular weight excluding hydrogens is 322 g/mol. The predicted octanol–water partition coefficient (Wildman–Crippen LogP) is 1.07. The van der Waals surface area contributed by atoms with Crippen molar-refractivity contribution in [1.82, 2.24) is 5.32 Å². The lowest BCUT2D eigenvalue weighted by Crippen LogP contribution is -2.45. The molecule has 1 aromatic rings. The van der Waals surface area contributed by atoms with Gasteiger partial charge in [-0.15, -0.1) is 0 Å². The van der Waals surface area contributed by atoms with E-state index in [1.165, 1.54) is 30.0 Å². The number of nitro groups is 1. The number of nitrogens with one attached hydrogen (secondary N) is 2. The number of nitrogens with zero attached hydrogens (tertiary/aromatic N) is 1. The zero-order valence-corrected chi connectivity index (χ0v) is 13.9. The largest absolute Gasteiger partial charge is 0.387 e. The average Bonchev–Trinajstić information content (AvgIpc) is 2.46. The van der Waals surface area contributed by atoms with Crippen LogP contribution >= 0.6 is 11.8 Å². The molecule has 0 aliphatic heterocycles. The number of thioether (sulfide) groups is 1. The predicted molar refractivity (Wildman–Crippen MR) is 88.5 cm³/mol. The maximum absolute atomic E-state index is 11.8. The molecule has 0 aromatic heterocycles. The number of benzene rings is 1. The molecule has 23 heavy (non-hydrogen) atoms. The molecule has 9 heteroatoms. The van der Waals surface area contributed by atoms with Crippen molar-refractivity contribution in [3.8, 4) is 0 Å². The van der Waals surface area contributed by atoms with E-state index in [9.17, 15) is 24.8 Å². The Balaban J connectivity index is 2.70. The molecule has 0 spiro atoms. The van der Waals surface area contributed by atoms with Crippen molar-refractivity contribution in [1.29, 1.82) is 0 Å². The molecule has 8 nitrogen and oxygen atoms in total. The minimum Gasteiger partial charge on any atom is -0.387 e. The van der Waals surface area contributed by atoms with E-state index in [0.717, 1.165) is 0 Å². The number of aliphatic hydroxyl groups is 1. The molecule has 3 N–H and O–H groups in total. The quantitative estimate of drug-likeness (QED) is 0.404. The first-order valence-electron chi connectivity index (χ1n) is 6.72. The first kappa shape index (κ1) is 18.9. The highest BCUT2D eigenvalue weighted by Gasteiger charge is 2.23. The average molecular weight is 341 g/mol. The molecule has 0 saturated carbocycles. The van der Waals surface area contributed by atoms with E-state index < -0.39 is 22.3 Å². The molecule has 1 atom stereocenters. The maximum atomic E-state index is 11.8. The van der Waals surface area contributed by atoms with Crippen molar-refractivity contribution in [2.24, 2.45) is 0 Å². The van der Waals surface area contributed by atoms with Gasteiger partial charge in [0, 0.05) is 24.4 Å². The third-order valence-corrected chi connectivity index (χ3v) is 3.88. The number of hydrogen-bond acceptors (Lipinski definition) is 6. The van der Waals surface area contributed by atoms with E-state index in [-0.39, 0.29) is 17.9 Å². The molecule has 0 heterocycles. The molecule has 0 aliphatic carbocycles. The third kappa shape index (κ3) is 5.87. The van der Waals surface area contributed by atoms with Crippen LogP contribution in [0.2, 0.25) is 0 Å². The summed E-state index contributed by atoms with van der Waals surface area (Å²) in [7, 11) is 0. The molecule has 1 aromatic carbocycles. The number of nitro benzene ring substituents is 1. The fourth-order valence-electron chi connectivity index (χ4n) is 1.75. The standard InChI is InChI=1S/C14H19N3O5S/c1-9-4-5-10(17(21)22)6-11(9)16-13(19)12(18)15-7-14(2,20)8-23-3/h4-6,20H,7-8H2,1-3H3,(H,15,18)(H,16,19). The second-order valence-electron chi connectivity index (χ2n) is 5.32. The number of carbonyl (C=O) groups is 2. The van der Waals surface area contributed by atoms with E-state index >= 15 is 0 Å². The second-order valence-corrected chi connectivity index (χ2v) is 6.19. The summed E-state index contributed by atoms with van der Waals surface area (Å²) < 4.78 is 0. The van der Waals surface area contributed by atoms with Crippen LogP contribution in [0.4, 0.5) is 11.4 Å². The molecule has 0 radical (unpaired) electrons. The maximum Gasteiger partial charge on any atom is 0.313 e. The van der Waals surface area contributed by atoms with Crippen molar-refractivity contribution in [3.05, 3.63) is 33.9 Å². The van der Waals surface area contributed by atoms with Gasteiger partial charge in [-0.05, 0) is 25.7 Å². The van der Waals surface area contributed by atoms with Gasteiger partial charge in [0.15, 0.2) is 0 Å². The summed E-state index contributed by atoms with van der Waals surface area (Å²) in [5, 5.41) is 25.3. The van der Waals surface area contributed by atoms with Gasteiger partial charge in [-0.1, -0.05) is 6.07 Å². The van der Waals surface area contributed by atoms with Crippen LogP contribution in [0.25, 0.3) is 0 Å². The Morgan fingerprint density at radius 1 is 1.39 bits per heavy atom. The van der Waals surface area contributed by atoms with Crippen LogP contribution in [0.3, 0.4) is 0 Å². The molecule has 0 saturated heterocycles. The van der Waals surface area contributed by atoms with Crippen molar-refractivity contribution < 1.29 is 19.6 Å². The third-order valence-electron chi connectivity index (χ3n) is 2.97. The van der Waals surface area contributed by atoms with Gasteiger partial charge >= 0.3 is 11.8 Å². The zero-order chi connectivity index (χ0) is 17.6. The van der Waals surface area contributed by atoms with Crippen molar-refractivity contribution in [3.63, 3.8) is 0 Å². The number of amides is 2. The molecule has 0 aliphatic rings. The normalized spacial score (nSPS) is 13.0. The van der Waals surface area contributed by atoms with Crippen LogP contribution in [0, 0.1) is 17.0 Å². The van der Waals surface area contributed by atoms with Gasteiger partial charge in [-0.25, -0.2) is 0 Å².